The number of alkyl halides is 1. The van der Waals surface area contributed by atoms with Crippen molar-refractivity contribution in [2.45, 2.75) is 25.1 Å². The second-order valence-corrected chi connectivity index (χ2v) is 5.17. The van der Waals surface area contributed by atoms with Gasteiger partial charge in [0.25, 0.3) is 0 Å². The zero-order chi connectivity index (χ0) is 12.3. The molecule has 0 spiro atoms. The summed E-state index contributed by atoms with van der Waals surface area (Å²) in [4.78, 5) is 4.28. The van der Waals surface area contributed by atoms with Gasteiger partial charge in [0.1, 0.15) is 0 Å². The molecule has 0 saturated carbocycles. The van der Waals surface area contributed by atoms with Crippen LogP contribution < -0.4 is 0 Å². The molecule has 0 aliphatic carbocycles. The van der Waals surface area contributed by atoms with Gasteiger partial charge in [-0.3, -0.25) is 0 Å². The first-order valence-corrected chi connectivity index (χ1v) is 6.63. The summed E-state index contributed by atoms with van der Waals surface area (Å²) in [7, 11) is 0. The molecule has 0 aliphatic rings. The van der Waals surface area contributed by atoms with E-state index in [0.717, 1.165) is 16.5 Å². The average Bonchev–Trinajstić information content (AvgIpc) is 2.80. The zero-order valence-corrected chi connectivity index (χ0v) is 11.7. The summed E-state index contributed by atoms with van der Waals surface area (Å²) in [6.45, 7) is 1.99. The lowest BCUT2D eigenvalue weighted by atomic mass is 10.1. The number of benzene rings is 1. The normalized spacial score (nSPS) is 12.6. The van der Waals surface area contributed by atoms with Crippen molar-refractivity contribution >= 4 is 27.5 Å². The Bertz CT molecular complexity index is 484. The van der Waals surface area contributed by atoms with Crippen LogP contribution in [0.25, 0.3) is 0 Å². The van der Waals surface area contributed by atoms with E-state index in [1.807, 2.05) is 31.2 Å². The third kappa shape index (κ3) is 3.30. The fraction of sp³-hybridized carbons (Fsp3) is 0.333. The molecule has 1 heterocycles. The van der Waals surface area contributed by atoms with Gasteiger partial charge in [-0.25, -0.2) is 0 Å². The lowest BCUT2D eigenvalue weighted by molar-refractivity contribution is 0.378. The number of rotatable bonds is 4. The Morgan fingerprint density at radius 3 is 2.71 bits per heavy atom. The van der Waals surface area contributed by atoms with Gasteiger partial charge in [0.05, 0.1) is 11.8 Å². The summed E-state index contributed by atoms with van der Waals surface area (Å²) < 4.78 is 6.22. The van der Waals surface area contributed by atoms with Gasteiger partial charge >= 0.3 is 0 Å². The van der Waals surface area contributed by atoms with E-state index >= 15 is 0 Å². The molecule has 17 heavy (non-hydrogen) atoms. The molecule has 0 radical (unpaired) electrons. The van der Waals surface area contributed by atoms with Crippen LogP contribution in [-0.4, -0.2) is 10.1 Å². The molecule has 1 unspecified atom stereocenters. The molecule has 0 amide bonds. The van der Waals surface area contributed by atoms with E-state index in [2.05, 4.69) is 26.1 Å². The number of hydrogen-bond donors (Lipinski definition) is 0. The smallest absolute Gasteiger partial charge is 0.231 e. The molecule has 2 rings (SSSR count). The lowest BCUT2D eigenvalue weighted by Gasteiger charge is -1.97. The Morgan fingerprint density at radius 2 is 2.06 bits per heavy atom. The van der Waals surface area contributed by atoms with Crippen LogP contribution in [0.5, 0.6) is 0 Å². The van der Waals surface area contributed by atoms with Crippen LogP contribution in [0.15, 0.2) is 33.3 Å². The molecule has 3 nitrogen and oxygen atoms in total. The van der Waals surface area contributed by atoms with Crippen molar-refractivity contribution in [1.29, 1.82) is 0 Å². The number of halogens is 2. The fourth-order valence-corrected chi connectivity index (χ4v) is 1.78. The van der Waals surface area contributed by atoms with Crippen molar-refractivity contribution < 1.29 is 4.52 Å². The predicted octanol–water partition coefficient (Wildman–Crippen LogP) is 4.11. The molecule has 0 saturated heterocycles. The minimum absolute atomic E-state index is 0.169. The Hall–Kier alpha value is -0.870. The largest absolute Gasteiger partial charge is 0.339 e. The van der Waals surface area contributed by atoms with Crippen LogP contribution in [-0.2, 0) is 6.42 Å². The Balaban J connectivity index is 2.08. The first-order chi connectivity index (χ1) is 8.19. The highest BCUT2D eigenvalue weighted by molar-refractivity contribution is 9.10. The number of nitrogens with zero attached hydrogens (tertiary/aromatic N) is 2. The van der Waals surface area contributed by atoms with Crippen molar-refractivity contribution in [2.24, 2.45) is 0 Å². The van der Waals surface area contributed by atoms with E-state index < -0.39 is 0 Å². The summed E-state index contributed by atoms with van der Waals surface area (Å²) in [6, 6.07) is 8.02. The summed E-state index contributed by atoms with van der Waals surface area (Å²) >= 11 is 9.43. The summed E-state index contributed by atoms with van der Waals surface area (Å²) in [6.07, 6.45) is 1.42. The monoisotopic (exact) mass is 314 g/mol. The van der Waals surface area contributed by atoms with Crippen molar-refractivity contribution in [3.8, 4) is 0 Å². The molecule has 2 aromatic rings. The molecule has 0 bridgehead atoms. The zero-order valence-electron chi connectivity index (χ0n) is 9.36. The maximum absolute atomic E-state index is 6.04. The average molecular weight is 316 g/mol. The van der Waals surface area contributed by atoms with Gasteiger partial charge in [-0.15, -0.1) is 11.6 Å². The molecular formula is C12H12BrClN2O. The van der Waals surface area contributed by atoms with Gasteiger partial charge in [0.15, 0.2) is 5.82 Å². The van der Waals surface area contributed by atoms with Gasteiger partial charge in [-0.1, -0.05) is 40.1 Å². The third-order valence-corrected chi connectivity index (χ3v) is 3.42. The number of hydrogen-bond acceptors (Lipinski definition) is 3. The highest BCUT2D eigenvalue weighted by atomic mass is 79.9. The lowest BCUT2D eigenvalue weighted by Crippen LogP contribution is -1.92. The van der Waals surface area contributed by atoms with Crippen LogP contribution in [0.4, 0.5) is 0 Å². The summed E-state index contributed by atoms with van der Waals surface area (Å²) in [5.74, 6) is 1.17. The Morgan fingerprint density at radius 1 is 1.35 bits per heavy atom. The van der Waals surface area contributed by atoms with Gasteiger partial charge in [0, 0.05) is 4.47 Å². The van der Waals surface area contributed by atoms with Crippen molar-refractivity contribution in [2.75, 3.05) is 0 Å². The van der Waals surface area contributed by atoms with Crippen molar-refractivity contribution in [3.63, 3.8) is 0 Å². The predicted molar refractivity (Wildman–Crippen MR) is 70.1 cm³/mol. The molecular weight excluding hydrogens is 304 g/mol. The standard InChI is InChI=1S/C12H12BrClN2O/c1-2-10(14)12-15-11(17-16-12)7-8-3-5-9(13)6-4-8/h3-6,10H,2,7H2,1H3. The van der Waals surface area contributed by atoms with E-state index in [-0.39, 0.29) is 5.38 Å². The van der Waals surface area contributed by atoms with Gasteiger partial charge in [-0.05, 0) is 24.1 Å². The van der Waals surface area contributed by atoms with E-state index in [9.17, 15) is 0 Å². The van der Waals surface area contributed by atoms with Crippen LogP contribution in [0.3, 0.4) is 0 Å². The molecule has 1 atom stereocenters. The third-order valence-electron chi connectivity index (χ3n) is 2.39. The van der Waals surface area contributed by atoms with Crippen molar-refractivity contribution in [3.05, 3.63) is 46.0 Å². The maximum Gasteiger partial charge on any atom is 0.231 e. The summed E-state index contributed by atoms with van der Waals surface area (Å²) in [5.41, 5.74) is 1.13. The van der Waals surface area contributed by atoms with E-state index in [1.54, 1.807) is 0 Å². The second kappa shape index (κ2) is 5.65. The highest BCUT2D eigenvalue weighted by Gasteiger charge is 2.13. The first kappa shape index (κ1) is 12.6. The van der Waals surface area contributed by atoms with Gasteiger partial charge in [0.2, 0.25) is 5.89 Å². The molecule has 0 aliphatic heterocycles. The Kier molecular flexibility index (Phi) is 4.18. The van der Waals surface area contributed by atoms with Crippen molar-refractivity contribution in [1.82, 2.24) is 10.1 Å². The van der Waals surface area contributed by atoms with Crippen LogP contribution >= 0.6 is 27.5 Å². The van der Waals surface area contributed by atoms with Gasteiger partial charge in [-0.2, -0.15) is 4.98 Å². The molecule has 0 fully saturated rings. The second-order valence-electron chi connectivity index (χ2n) is 3.73. The molecule has 90 valence electrons. The number of aromatic nitrogens is 2. The van der Waals surface area contributed by atoms with Crippen LogP contribution in [0.1, 0.15) is 36.0 Å². The molecule has 1 aromatic heterocycles. The molecule has 1 aromatic carbocycles. The first-order valence-electron chi connectivity index (χ1n) is 5.40. The van der Waals surface area contributed by atoms with Crippen LogP contribution in [0.2, 0.25) is 0 Å². The Labute approximate surface area is 113 Å². The van der Waals surface area contributed by atoms with E-state index in [0.29, 0.717) is 18.1 Å². The summed E-state index contributed by atoms with van der Waals surface area (Å²) in [5, 5.41) is 3.70. The molecule has 5 heteroatoms. The maximum atomic E-state index is 6.04. The highest BCUT2D eigenvalue weighted by Crippen LogP contribution is 2.21. The molecule has 0 N–H and O–H groups in total. The quantitative estimate of drug-likeness (QED) is 0.797. The minimum Gasteiger partial charge on any atom is -0.339 e. The minimum atomic E-state index is -0.169. The topological polar surface area (TPSA) is 38.9 Å². The van der Waals surface area contributed by atoms with Crippen LogP contribution in [0, 0.1) is 0 Å². The van der Waals surface area contributed by atoms with Gasteiger partial charge < -0.3 is 4.52 Å². The SMILES string of the molecule is CCC(Cl)c1noc(Cc2ccc(Br)cc2)n1. The van der Waals surface area contributed by atoms with E-state index in [1.165, 1.54) is 0 Å². The fourth-order valence-electron chi connectivity index (χ4n) is 1.43. The van der Waals surface area contributed by atoms with E-state index in [4.69, 9.17) is 16.1 Å².